The van der Waals surface area contributed by atoms with Gasteiger partial charge in [0.2, 0.25) is 0 Å². The molecule has 0 bridgehead atoms. The molecule has 0 atom stereocenters. The third kappa shape index (κ3) is 1.78. The monoisotopic (exact) mass is 239 g/mol. The van der Waals surface area contributed by atoms with E-state index in [2.05, 4.69) is 20.3 Å². The van der Waals surface area contributed by atoms with Gasteiger partial charge in [0.1, 0.15) is 16.4 Å². The zero-order chi connectivity index (χ0) is 11.7. The number of rotatable bonds is 3. The van der Waals surface area contributed by atoms with Gasteiger partial charge in [-0.15, -0.1) is 11.8 Å². The van der Waals surface area contributed by atoms with Crippen LogP contribution in [0.2, 0.25) is 0 Å². The van der Waals surface area contributed by atoms with E-state index in [0.717, 1.165) is 5.03 Å². The number of nitrogens with zero attached hydrogens (tertiary/aromatic N) is 3. The minimum absolute atomic E-state index is 0.225. The summed E-state index contributed by atoms with van der Waals surface area (Å²) in [6.07, 6.45) is 1.92. The van der Waals surface area contributed by atoms with Crippen molar-refractivity contribution in [2.45, 2.75) is 24.8 Å². The maximum absolute atomic E-state index is 5.78. The first-order chi connectivity index (χ1) is 7.63. The number of hydrogen-bond acceptors (Lipinski definition) is 6. The van der Waals surface area contributed by atoms with Crippen molar-refractivity contribution in [2.24, 2.45) is 0 Å². The van der Waals surface area contributed by atoms with Gasteiger partial charge >= 0.3 is 0 Å². The van der Waals surface area contributed by atoms with Gasteiger partial charge < -0.3 is 10.3 Å². The predicted octanol–water partition coefficient (Wildman–Crippen LogP) is 1.89. The lowest BCUT2D eigenvalue weighted by atomic mass is 10.2. The van der Waals surface area contributed by atoms with E-state index >= 15 is 0 Å². The molecule has 86 valence electrons. The second-order valence-electron chi connectivity index (χ2n) is 3.63. The maximum atomic E-state index is 5.78. The molecule has 0 spiro atoms. The summed E-state index contributed by atoms with van der Waals surface area (Å²) in [5.41, 5.74) is 6.46. The molecular formula is C9H13N5OS. The summed E-state index contributed by atoms with van der Waals surface area (Å²) in [6.45, 7) is 4.01. The lowest BCUT2D eigenvalue weighted by Gasteiger charge is -1.94. The van der Waals surface area contributed by atoms with Crippen LogP contribution >= 0.6 is 11.8 Å². The molecular weight excluding hydrogens is 226 g/mol. The third-order valence-corrected chi connectivity index (χ3v) is 2.81. The van der Waals surface area contributed by atoms with E-state index in [9.17, 15) is 0 Å². The molecule has 0 saturated heterocycles. The fraction of sp³-hybridized carbons (Fsp3) is 0.444. The van der Waals surface area contributed by atoms with E-state index in [0.29, 0.717) is 23.1 Å². The number of nitrogen functional groups attached to an aromatic ring is 1. The summed E-state index contributed by atoms with van der Waals surface area (Å²) in [4.78, 5) is 4.29. The van der Waals surface area contributed by atoms with E-state index in [1.807, 2.05) is 20.1 Å². The molecule has 0 aliphatic carbocycles. The number of nitrogens with two attached hydrogens (primary N) is 1. The van der Waals surface area contributed by atoms with Crippen LogP contribution in [-0.2, 0) is 0 Å². The Balaban J connectivity index is 2.45. The lowest BCUT2D eigenvalue weighted by molar-refractivity contribution is 0.418. The van der Waals surface area contributed by atoms with Crippen LogP contribution in [0.5, 0.6) is 0 Å². The Bertz CT molecular complexity index is 490. The second kappa shape index (κ2) is 4.17. The van der Waals surface area contributed by atoms with Gasteiger partial charge in [0.15, 0.2) is 5.82 Å². The second-order valence-corrected chi connectivity index (χ2v) is 4.43. The quantitative estimate of drug-likeness (QED) is 0.794. The topological polar surface area (TPSA) is 93.6 Å². The molecule has 0 unspecified atom stereocenters. The fourth-order valence-corrected chi connectivity index (χ4v) is 1.80. The Hall–Kier alpha value is -1.50. The molecule has 0 fully saturated rings. The average Bonchev–Trinajstić information content (AvgIpc) is 2.83. The van der Waals surface area contributed by atoms with Crippen molar-refractivity contribution < 1.29 is 4.52 Å². The highest BCUT2D eigenvalue weighted by Crippen LogP contribution is 2.32. The zero-order valence-electron chi connectivity index (χ0n) is 9.31. The number of H-pyrrole nitrogens is 1. The van der Waals surface area contributed by atoms with Crippen LogP contribution in [-0.4, -0.2) is 26.6 Å². The molecule has 0 aliphatic rings. The molecule has 2 aromatic heterocycles. The van der Waals surface area contributed by atoms with E-state index in [1.165, 1.54) is 11.8 Å². The molecule has 6 nitrogen and oxygen atoms in total. The van der Waals surface area contributed by atoms with E-state index < -0.39 is 0 Å². The minimum atomic E-state index is 0.225. The third-order valence-electron chi connectivity index (χ3n) is 2.13. The van der Waals surface area contributed by atoms with Crippen molar-refractivity contribution >= 4 is 17.6 Å². The first kappa shape index (κ1) is 11.0. The Morgan fingerprint density at radius 2 is 2.19 bits per heavy atom. The molecule has 0 saturated carbocycles. The van der Waals surface area contributed by atoms with Crippen molar-refractivity contribution in [1.29, 1.82) is 0 Å². The molecule has 16 heavy (non-hydrogen) atoms. The van der Waals surface area contributed by atoms with Crippen molar-refractivity contribution in [1.82, 2.24) is 20.3 Å². The molecule has 2 heterocycles. The first-order valence-electron chi connectivity index (χ1n) is 4.85. The van der Waals surface area contributed by atoms with Crippen molar-refractivity contribution in [3.8, 4) is 11.5 Å². The summed E-state index contributed by atoms with van der Waals surface area (Å²) in [5, 5.41) is 11.4. The summed E-state index contributed by atoms with van der Waals surface area (Å²) < 4.78 is 5.18. The van der Waals surface area contributed by atoms with Crippen molar-refractivity contribution in [2.75, 3.05) is 12.0 Å². The summed E-state index contributed by atoms with van der Waals surface area (Å²) >= 11 is 1.48. The standard InChI is InChI=1S/C9H13N5OS/c1-4(2)7-11-8(15-14-7)5-6(10)12-13-9(5)16-3/h4H,1-3H3,(H3,10,12,13). The highest BCUT2D eigenvalue weighted by molar-refractivity contribution is 7.98. The molecule has 0 aromatic carbocycles. The number of anilines is 1. The molecule has 0 aliphatic heterocycles. The highest BCUT2D eigenvalue weighted by Gasteiger charge is 2.19. The summed E-state index contributed by atoms with van der Waals surface area (Å²) in [6, 6.07) is 0. The number of hydrogen-bond donors (Lipinski definition) is 2. The van der Waals surface area contributed by atoms with Crippen LogP contribution in [0.1, 0.15) is 25.6 Å². The fourth-order valence-electron chi connectivity index (χ4n) is 1.26. The number of nitrogens with one attached hydrogen (secondary N) is 1. The van der Waals surface area contributed by atoms with Gasteiger partial charge in [-0.3, -0.25) is 5.10 Å². The van der Waals surface area contributed by atoms with Crippen LogP contribution in [0, 0.1) is 0 Å². The Morgan fingerprint density at radius 1 is 1.44 bits per heavy atom. The first-order valence-corrected chi connectivity index (χ1v) is 6.07. The highest BCUT2D eigenvalue weighted by atomic mass is 32.2. The van der Waals surface area contributed by atoms with Gasteiger partial charge in [-0.1, -0.05) is 19.0 Å². The van der Waals surface area contributed by atoms with Gasteiger partial charge in [-0.2, -0.15) is 10.1 Å². The molecule has 0 radical (unpaired) electrons. The summed E-state index contributed by atoms with van der Waals surface area (Å²) in [5.74, 6) is 1.76. The van der Waals surface area contributed by atoms with E-state index in [4.69, 9.17) is 10.3 Å². The molecule has 2 rings (SSSR count). The van der Waals surface area contributed by atoms with Crippen LogP contribution in [0.4, 0.5) is 5.82 Å². The van der Waals surface area contributed by atoms with Gasteiger partial charge in [0.05, 0.1) is 0 Å². The van der Waals surface area contributed by atoms with Gasteiger partial charge in [-0.25, -0.2) is 0 Å². The summed E-state index contributed by atoms with van der Waals surface area (Å²) in [7, 11) is 0. The van der Waals surface area contributed by atoms with Gasteiger partial charge in [0, 0.05) is 5.92 Å². The smallest absolute Gasteiger partial charge is 0.264 e. The maximum Gasteiger partial charge on any atom is 0.264 e. The zero-order valence-corrected chi connectivity index (χ0v) is 10.1. The Labute approximate surface area is 97.0 Å². The van der Waals surface area contributed by atoms with Gasteiger partial charge in [0.25, 0.3) is 5.89 Å². The average molecular weight is 239 g/mol. The Kier molecular flexibility index (Phi) is 2.86. The molecule has 7 heteroatoms. The Morgan fingerprint density at radius 3 is 2.75 bits per heavy atom. The minimum Gasteiger partial charge on any atom is -0.383 e. The molecule has 2 aromatic rings. The largest absolute Gasteiger partial charge is 0.383 e. The van der Waals surface area contributed by atoms with Crippen molar-refractivity contribution in [3.63, 3.8) is 0 Å². The van der Waals surface area contributed by atoms with Gasteiger partial charge in [-0.05, 0) is 6.26 Å². The molecule has 3 N–H and O–H groups in total. The number of aromatic nitrogens is 4. The predicted molar refractivity (Wildman–Crippen MR) is 62.2 cm³/mol. The number of thioether (sulfide) groups is 1. The van der Waals surface area contributed by atoms with Crippen LogP contribution in [0.15, 0.2) is 9.55 Å². The van der Waals surface area contributed by atoms with E-state index in [-0.39, 0.29) is 5.92 Å². The van der Waals surface area contributed by atoms with Crippen LogP contribution in [0.25, 0.3) is 11.5 Å². The number of aromatic amines is 1. The SMILES string of the molecule is CSc1n[nH]c(N)c1-c1nc(C(C)C)no1. The van der Waals surface area contributed by atoms with E-state index in [1.54, 1.807) is 0 Å². The molecule has 0 amide bonds. The normalized spacial score (nSPS) is 11.2. The van der Waals surface area contributed by atoms with Crippen molar-refractivity contribution in [3.05, 3.63) is 5.82 Å². The van der Waals surface area contributed by atoms with Crippen LogP contribution < -0.4 is 5.73 Å². The lowest BCUT2D eigenvalue weighted by Crippen LogP contribution is -1.91. The van der Waals surface area contributed by atoms with Crippen LogP contribution in [0.3, 0.4) is 0 Å².